The second kappa shape index (κ2) is 16.1. The molecule has 1 atom stereocenters. The fourth-order valence-electron chi connectivity index (χ4n) is 3.48. The van der Waals surface area contributed by atoms with Gasteiger partial charge >= 0.3 is 0 Å². The molecule has 6 heteroatoms. The molecule has 0 saturated carbocycles. The number of ether oxygens (including phenoxy) is 2. The molecule has 160 valence electrons. The first-order chi connectivity index (χ1) is 13.2. The molecule has 0 aromatic rings. The Bertz CT molecular complexity index is 369. The zero-order valence-electron chi connectivity index (χ0n) is 18.3. The smallest absolute Gasteiger partial charge is 0.191 e. The minimum atomic E-state index is 0.535. The Hall–Kier alpha value is -0.850. The van der Waals surface area contributed by atoms with Crippen LogP contribution in [0.2, 0.25) is 0 Å². The van der Waals surface area contributed by atoms with E-state index >= 15 is 0 Å². The molecule has 0 aromatic heterocycles. The Morgan fingerprint density at radius 1 is 1.00 bits per heavy atom. The predicted octanol–water partition coefficient (Wildman–Crippen LogP) is 2.89. The average molecular weight is 385 g/mol. The maximum Gasteiger partial charge on any atom is 0.191 e. The van der Waals surface area contributed by atoms with Crippen molar-refractivity contribution in [3.05, 3.63) is 0 Å². The van der Waals surface area contributed by atoms with Crippen LogP contribution in [-0.2, 0) is 9.47 Å². The molecule has 2 N–H and O–H groups in total. The van der Waals surface area contributed by atoms with E-state index < -0.39 is 0 Å². The minimum Gasteiger partial charge on any atom is -0.382 e. The molecule has 0 amide bonds. The third kappa shape index (κ3) is 11.6. The number of nitrogens with one attached hydrogen (secondary N) is 2. The van der Waals surface area contributed by atoms with E-state index in [0.717, 1.165) is 45.0 Å². The number of methoxy groups -OCH3 is 1. The third-order valence-electron chi connectivity index (χ3n) is 5.10. The average Bonchev–Trinajstić information content (AvgIpc) is 2.93. The molecule has 1 unspecified atom stereocenters. The van der Waals surface area contributed by atoms with E-state index in [1.165, 1.54) is 38.8 Å². The fourth-order valence-corrected chi connectivity index (χ4v) is 3.48. The van der Waals surface area contributed by atoms with Crippen LogP contribution in [0.4, 0.5) is 0 Å². The van der Waals surface area contributed by atoms with Gasteiger partial charge in [-0.25, -0.2) is 0 Å². The first kappa shape index (κ1) is 24.2. The Morgan fingerprint density at radius 3 is 2.37 bits per heavy atom. The number of hydrogen-bond donors (Lipinski definition) is 2. The largest absolute Gasteiger partial charge is 0.382 e. The molecule has 0 spiro atoms. The quantitative estimate of drug-likeness (QED) is 0.290. The molecule has 0 radical (unpaired) electrons. The molecule has 0 aliphatic carbocycles. The molecule has 27 heavy (non-hydrogen) atoms. The van der Waals surface area contributed by atoms with Crippen molar-refractivity contribution < 1.29 is 9.47 Å². The van der Waals surface area contributed by atoms with E-state index in [4.69, 9.17) is 14.5 Å². The van der Waals surface area contributed by atoms with E-state index in [0.29, 0.717) is 25.2 Å². The lowest BCUT2D eigenvalue weighted by atomic mass is 10.0. The van der Waals surface area contributed by atoms with Gasteiger partial charge in [0.25, 0.3) is 0 Å². The first-order valence-electron chi connectivity index (χ1n) is 11.0. The van der Waals surface area contributed by atoms with Gasteiger partial charge in [0, 0.05) is 32.8 Å². The van der Waals surface area contributed by atoms with E-state index in [2.05, 4.69) is 36.3 Å². The molecule has 1 aliphatic heterocycles. The Morgan fingerprint density at radius 2 is 1.74 bits per heavy atom. The summed E-state index contributed by atoms with van der Waals surface area (Å²) in [6.07, 6.45) is 7.55. The highest BCUT2D eigenvalue weighted by atomic mass is 16.5. The zero-order chi connectivity index (χ0) is 19.7. The van der Waals surface area contributed by atoms with Gasteiger partial charge in [-0.2, -0.15) is 0 Å². The van der Waals surface area contributed by atoms with Crippen LogP contribution in [0, 0.1) is 5.92 Å². The number of hydrogen-bond acceptors (Lipinski definition) is 4. The van der Waals surface area contributed by atoms with Crippen LogP contribution in [0.5, 0.6) is 0 Å². The monoisotopic (exact) mass is 384 g/mol. The van der Waals surface area contributed by atoms with Crippen LogP contribution in [0.1, 0.15) is 59.3 Å². The van der Waals surface area contributed by atoms with E-state index in [9.17, 15) is 0 Å². The SMILES string of the molecule is CCNC(=NCC(C(C)C)N1CCCCCC1)NCCCCOCCOC. The maximum atomic E-state index is 5.51. The van der Waals surface area contributed by atoms with Crippen molar-refractivity contribution in [1.29, 1.82) is 0 Å². The van der Waals surface area contributed by atoms with Gasteiger partial charge in [-0.3, -0.25) is 9.89 Å². The van der Waals surface area contributed by atoms with Gasteiger partial charge in [-0.1, -0.05) is 26.7 Å². The summed E-state index contributed by atoms with van der Waals surface area (Å²) in [6, 6.07) is 0.535. The summed E-state index contributed by atoms with van der Waals surface area (Å²) in [7, 11) is 1.70. The third-order valence-corrected chi connectivity index (χ3v) is 5.10. The first-order valence-corrected chi connectivity index (χ1v) is 11.0. The van der Waals surface area contributed by atoms with Crippen LogP contribution < -0.4 is 10.6 Å². The van der Waals surface area contributed by atoms with Crippen LogP contribution in [0.25, 0.3) is 0 Å². The normalized spacial score (nSPS) is 17.7. The Balaban J connectivity index is 2.38. The fraction of sp³-hybridized carbons (Fsp3) is 0.952. The van der Waals surface area contributed by atoms with E-state index in [1.54, 1.807) is 7.11 Å². The van der Waals surface area contributed by atoms with Crippen molar-refractivity contribution in [3.8, 4) is 0 Å². The molecule has 6 nitrogen and oxygen atoms in total. The zero-order valence-corrected chi connectivity index (χ0v) is 18.3. The van der Waals surface area contributed by atoms with Crippen LogP contribution >= 0.6 is 0 Å². The van der Waals surface area contributed by atoms with Crippen LogP contribution in [-0.4, -0.2) is 76.6 Å². The van der Waals surface area contributed by atoms with Crippen molar-refractivity contribution in [2.45, 2.75) is 65.3 Å². The Kier molecular flexibility index (Phi) is 14.5. The molecule has 1 heterocycles. The van der Waals surface area contributed by atoms with Gasteiger partial charge in [0.15, 0.2) is 5.96 Å². The van der Waals surface area contributed by atoms with E-state index in [-0.39, 0.29) is 0 Å². The number of rotatable bonds is 13. The van der Waals surface area contributed by atoms with Crippen molar-refractivity contribution in [2.75, 3.05) is 59.7 Å². The molecular formula is C21H44N4O2. The molecule has 0 bridgehead atoms. The second-order valence-corrected chi connectivity index (χ2v) is 7.72. The van der Waals surface area contributed by atoms with Gasteiger partial charge in [-0.05, 0) is 51.6 Å². The molecular weight excluding hydrogens is 340 g/mol. The molecule has 1 saturated heterocycles. The van der Waals surface area contributed by atoms with E-state index in [1.807, 2.05) is 0 Å². The lowest BCUT2D eigenvalue weighted by Gasteiger charge is -2.32. The molecule has 1 aliphatic rings. The summed E-state index contributed by atoms with van der Waals surface area (Å²) >= 11 is 0. The second-order valence-electron chi connectivity index (χ2n) is 7.72. The number of likely N-dealkylation sites (tertiary alicyclic amines) is 1. The molecule has 1 rings (SSSR count). The minimum absolute atomic E-state index is 0.535. The van der Waals surface area contributed by atoms with Gasteiger partial charge in [0.2, 0.25) is 0 Å². The van der Waals surface area contributed by atoms with Crippen LogP contribution in [0.3, 0.4) is 0 Å². The number of unbranched alkanes of at least 4 members (excludes halogenated alkanes) is 1. The lowest BCUT2D eigenvalue weighted by Crippen LogP contribution is -2.44. The van der Waals surface area contributed by atoms with Crippen molar-refractivity contribution in [1.82, 2.24) is 15.5 Å². The van der Waals surface area contributed by atoms with Crippen LogP contribution in [0.15, 0.2) is 4.99 Å². The van der Waals surface area contributed by atoms with Gasteiger partial charge in [0.1, 0.15) is 0 Å². The van der Waals surface area contributed by atoms with Gasteiger partial charge in [0.05, 0.1) is 19.8 Å². The number of aliphatic imine (C=N–C) groups is 1. The summed E-state index contributed by atoms with van der Waals surface area (Å²) in [4.78, 5) is 7.57. The maximum absolute atomic E-state index is 5.51. The Labute approximate surface area is 167 Å². The summed E-state index contributed by atoms with van der Waals surface area (Å²) in [5.74, 6) is 1.57. The number of nitrogens with zero attached hydrogens (tertiary/aromatic N) is 2. The summed E-state index contributed by atoms with van der Waals surface area (Å²) in [5, 5.41) is 6.86. The van der Waals surface area contributed by atoms with Gasteiger partial charge < -0.3 is 20.1 Å². The highest BCUT2D eigenvalue weighted by Gasteiger charge is 2.22. The highest BCUT2D eigenvalue weighted by Crippen LogP contribution is 2.17. The van der Waals surface area contributed by atoms with Crippen molar-refractivity contribution >= 4 is 5.96 Å². The van der Waals surface area contributed by atoms with Crippen molar-refractivity contribution in [2.24, 2.45) is 10.9 Å². The summed E-state index contributed by atoms with van der Waals surface area (Å²) in [5.41, 5.74) is 0. The standard InChI is InChI=1S/C21H44N4O2/c1-5-22-21(23-12-8-11-15-27-17-16-26-4)24-18-20(19(2)3)25-13-9-6-7-10-14-25/h19-20H,5-18H2,1-4H3,(H2,22,23,24). The lowest BCUT2D eigenvalue weighted by molar-refractivity contribution is 0.0689. The molecule has 0 aromatic carbocycles. The summed E-state index contributed by atoms with van der Waals surface area (Å²) < 4.78 is 10.5. The molecule has 1 fully saturated rings. The highest BCUT2D eigenvalue weighted by molar-refractivity contribution is 5.79. The number of guanidine groups is 1. The topological polar surface area (TPSA) is 58.1 Å². The summed E-state index contributed by atoms with van der Waals surface area (Å²) in [6.45, 7) is 14.1. The predicted molar refractivity (Wildman–Crippen MR) is 115 cm³/mol. The van der Waals surface area contributed by atoms with Crippen molar-refractivity contribution in [3.63, 3.8) is 0 Å². The van der Waals surface area contributed by atoms with Gasteiger partial charge in [-0.15, -0.1) is 0 Å².